The van der Waals surface area contributed by atoms with E-state index in [2.05, 4.69) is 29.3 Å². The summed E-state index contributed by atoms with van der Waals surface area (Å²) in [5.41, 5.74) is 3.72. The average molecular weight is 225 g/mol. The summed E-state index contributed by atoms with van der Waals surface area (Å²) in [6, 6.07) is 0.640. The van der Waals surface area contributed by atoms with Crippen LogP contribution in [0.2, 0.25) is 0 Å². The molecule has 16 heavy (non-hydrogen) atoms. The van der Waals surface area contributed by atoms with Crippen LogP contribution >= 0.6 is 0 Å². The molecule has 0 radical (unpaired) electrons. The SMILES string of the molecule is CC(NN1CCCCC1)C1CCCN(C)C1. The summed E-state index contributed by atoms with van der Waals surface area (Å²) in [4.78, 5) is 2.47. The molecule has 0 amide bonds. The van der Waals surface area contributed by atoms with E-state index in [0.717, 1.165) is 5.92 Å². The van der Waals surface area contributed by atoms with Crippen molar-refractivity contribution in [3.8, 4) is 0 Å². The molecule has 0 aromatic carbocycles. The van der Waals surface area contributed by atoms with Gasteiger partial charge >= 0.3 is 0 Å². The van der Waals surface area contributed by atoms with Crippen LogP contribution in [0.25, 0.3) is 0 Å². The minimum Gasteiger partial charge on any atom is -0.306 e. The molecule has 2 saturated heterocycles. The fraction of sp³-hybridized carbons (Fsp3) is 1.00. The van der Waals surface area contributed by atoms with Crippen molar-refractivity contribution >= 4 is 0 Å². The van der Waals surface area contributed by atoms with Crippen molar-refractivity contribution in [1.82, 2.24) is 15.3 Å². The van der Waals surface area contributed by atoms with E-state index >= 15 is 0 Å². The van der Waals surface area contributed by atoms with Gasteiger partial charge in [0, 0.05) is 25.7 Å². The van der Waals surface area contributed by atoms with Gasteiger partial charge in [-0.25, -0.2) is 5.01 Å². The molecule has 2 fully saturated rings. The first-order chi connectivity index (χ1) is 7.75. The standard InChI is InChI=1S/C13H27N3/c1-12(13-7-6-8-15(2)11-13)14-16-9-4-3-5-10-16/h12-14H,3-11H2,1-2H3. The first-order valence-corrected chi connectivity index (χ1v) is 6.95. The van der Waals surface area contributed by atoms with Crippen molar-refractivity contribution in [2.45, 2.75) is 45.1 Å². The minimum atomic E-state index is 0.640. The first-order valence-electron chi connectivity index (χ1n) is 6.95. The summed E-state index contributed by atoms with van der Waals surface area (Å²) < 4.78 is 0. The third kappa shape index (κ3) is 3.44. The van der Waals surface area contributed by atoms with Gasteiger partial charge < -0.3 is 4.90 Å². The Morgan fingerprint density at radius 3 is 2.50 bits per heavy atom. The molecule has 3 nitrogen and oxygen atoms in total. The lowest BCUT2D eigenvalue weighted by molar-refractivity contribution is 0.0882. The monoisotopic (exact) mass is 225 g/mol. The summed E-state index contributed by atoms with van der Waals surface area (Å²) in [6.07, 6.45) is 6.91. The van der Waals surface area contributed by atoms with Gasteiger partial charge in [-0.2, -0.15) is 0 Å². The second kappa shape index (κ2) is 5.99. The van der Waals surface area contributed by atoms with E-state index in [1.54, 1.807) is 0 Å². The number of nitrogens with zero attached hydrogens (tertiary/aromatic N) is 2. The second-order valence-corrected chi connectivity index (χ2v) is 5.63. The van der Waals surface area contributed by atoms with Crippen LogP contribution in [-0.2, 0) is 0 Å². The summed E-state index contributed by atoms with van der Waals surface area (Å²) in [6.45, 7) is 7.40. The molecule has 0 aromatic rings. The third-order valence-corrected chi connectivity index (χ3v) is 4.11. The Bertz CT molecular complexity index is 201. The maximum Gasteiger partial charge on any atom is 0.0227 e. The van der Waals surface area contributed by atoms with Crippen molar-refractivity contribution in [3.05, 3.63) is 0 Å². The van der Waals surface area contributed by atoms with Gasteiger partial charge in [-0.3, -0.25) is 5.43 Å². The van der Waals surface area contributed by atoms with E-state index in [0.29, 0.717) is 6.04 Å². The zero-order valence-electron chi connectivity index (χ0n) is 10.9. The predicted molar refractivity (Wildman–Crippen MR) is 68.2 cm³/mol. The molecular weight excluding hydrogens is 198 g/mol. The van der Waals surface area contributed by atoms with Crippen LogP contribution in [0.15, 0.2) is 0 Å². The van der Waals surface area contributed by atoms with Crippen molar-refractivity contribution in [3.63, 3.8) is 0 Å². The number of hydrogen-bond acceptors (Lipinski definition) is 3. The van der Waals surface area contributed by atoms with Gasteiger partial charge in [-0.1, -0.05) is 6.42 Å². The highest BCUT2D eigenvalue weighted by Gasteiger charge is 2.24. The molecule has 2 heterocycles. The molecule has 2 aliphatic heterocycles. The van der Waals surface area contributed by atoms with Gasteiger partial charge in [0.05, 0.1) is 0 Å². The highest BCUT2D eigenvalue weighted by molar-refractivity contribution is 4.79. The molecule has 3 heteroatoms. The maximum atomic E-state index is 3.72. The van der Waals surface area contributed by atoms with E-state index in [1.165, 1.54) is 58.3 Å². The van der Waals surface area contributed by atoms with E-state index < -0.39 is 0 Å². The third-order valence-electron chi connectivity index (χ3n) is 4.11. The van der Waals surface area contributed by atoms with Gasteiger partial charge in [0.15, 0.2) is 0 Å². The molecule has 2 rings (SSSR count). The van der Waals surface area contributed by atoms with Crippen LogP contribution in [-0.4, -0.2) is 49.2 Å². The number of likely N-dealkylation sites (tertiary alicyclic amines) is 1. The van der Waals surface area contributed by atoms with Gasteiger partial charge in [-0.15, -0.1) is 0 Å². The Hall–Kier alpha value is -0.120. The fourth-order valence-electron chi connectivity index (χ4n) is 3.03. The number of hydrogen-bond donors (Lipinski definition) is 1. The average Bonchev–Trinajstić information content (AvgIpc) is 2.30. The number of rotatable bonds is 3. The lowest BCUT2D eigenvalue weighted by Crippen LogP contribution is -2.51. The van der Waals surface area contributed by atoms with Crippen LogP contribution in [0.4, 0.5) is 0 Å². The fourth-order valence-corrected chi connectivity index (χ4v) is 3.03. The molecule has 0 bridgehead atoms. The quantitative estimate of drug-likeness (QED) is 0.789. The van der Waals surface area contributed by atoms with Crippen LogP contribution < -0.4 is 5.43 Å². The van der Waals surface area contributed by atoms with E-state index in [4.69, 9.17) is 0 Å². The Morgan fingerprint density at radius 1 is 1.06 bits per heavy atom. The van der Waals surface area contributed by atoms with E-state index in [9.17, 15) is 0 Å². The van der Waals surface area contributed by atoms with E-state index in [1.807, 2.05) is 0 Å². The lowest BCUT2D eigenvalue weighted by Gasteiger charge is -2.37. The van der Waals surface area contributed by atoms with Crippen LogP contribution in [0, 0.1) is 5.92 Å². The van der Waals surface area contributed by atoms with Crippen molar-refractivity contribution < 1.29 is 0 Å². The summed E-state index contributed by atoms with van der Waals surface area (Å²) >= 11 is 0. The molecule has 0 aliphatic carbocycles. The topological polar surface area (TPSA) is 18.5 Å². The number of nitrogens with one attached hydrogen (secondary N) is 1. The Balaban J connectivity index is 1.75. The van der Waals surface area contributed by atoms with Gasteiger partial charge in [-0.05, 0) is 52.1 Å². The molecule has 2 atom stereocenters. The van der Waals surface area contributed by atoms with Crippen LogP contribution in [0.5, 0.6) is 0 Å². The van der Waals surface area contributed by atoms with Gasteiger partial charge in [0.25, 0.3) is 0 Å². The molecule has 1 N–H and O–H groups in total. The van der Waals surface area contributed by atoms with Crippen molar-refractivity contribution in [1.29, 1.82) is 0 Å². The minimum absolute atomic E-state index is 0.640. The van der Waals surface area contributed by atoms with Crippen molar-refractivity contribution in [2.75, 3.05) is 33.2 Å². The highest BCUT2D eigenvalue weighted by Crippen LogP contribution is 2.19. The number of piperidine rings is 2. The zero-order valence-corrected chi connectivity index (χ0v) is 10.9. The van der Waals surface area contributed by atoms with Crippen LogP contribution in [0.1, 0.15) is 39.0 Å². The molecule has 2 aliphatic rings. The predicted octanol–water partition coefficient (Wildman–Crippen LogP) is 1.71. The Morgan fingerprint density at radius 2 is 1.81 bits per heavy atom. The maximum absolute atomic E-state index is 3.72. The molecule has 0 saturated carbocycles. The van der Waals surface area contributed by atoms with Gasteiger partial charge in [0.1, 0.15) is 0 Å². The summed E-state index contributed by atoms with van der Waals surface area (Å²) in [7, 11) is 2.25. The Labute approximate surface area is 100 Å². The molecule has 2 unspecified atom stereocenters. The highest BCUT2D eigenvalue weighted by atomic mass is 15.5. The summed E-state index contributed by atoms with van der Waals surface area (Å²) in [5, 5.41) is 2.45. The largest absolute Gasteiger partial charge is 0.306 e. The molecule has 94 valence electrons. The summed E-state index contributed by atoms with van der Waals surface area (Å²) in [5.74, 6) is 0.834. The smallest absolute Gasteiger partial charge is 0.0227 e. The Kier molecular flexibility index (Phi) is 4.62. The van der Waals surface area contributed by atoms with Crippen molar-refractivity contribution in [2.24, 2.45) is 5.92 Å². The lowest BCUT2D eigenvalue weighted by atomic mass is 9.92. The second-order valence-electron chi connectivity index (χ2n) is 5.63. The van der Waals surface area contributed by atoms with Gasteiger partial charge in [0.2, 0.25) is 0 Å². The normalized spacial score (nSPS) is 31.5. The molecule has 0 aromatic heterocycles. The zero-order chi connectivity index (χ0) is 11.4. The molecular formula is C13H27N3. The first kappa shape index (κ1) is 12.3. The van der Waals surface area contributed by atoms with Crippen LogP contribution in [0.3, 0.4) is 0 Å². The molecule has 0 spiro atoms. The van der Waals surface area contributed by atoms with E-state index in [-0.39, 0.29) is 0 Å². The number of hydrazine groups is 1.